The maximum Gasteiger partial charge on any atom is 0.233 e. The Kier molecular flexibility index (Phi) is 5.28. The van der Waals surface area contributed by atoms with Crippen LogP contribution in [0.3, 0.4) is 0 Å². The average molecular weight is 339 g/mol. The molecule has 0 aliphatic heterocycles. The highest BCUT2D eigenvalue weighted by Gasteiger charge is 2.13. The second-order valence-corrected chi connectivity index (χ2v) is 5.27. The Labute approximate surface area is 136 Å². The molecule has 0 aromatic heterocycles. The van der Waals surface area contributed by atoms with E-state index in [1.54, 1.807) is 18.2 Å². The van der Waals surface area contributed by atoms with Crippen molar-refractivity contribution >= 4 is 34.8 Å². The van der Waals surface area contributed by atoms with E-state index in [0.717, 1.165) is 17.7 Å². The average Bonchev–Trinajstić information content (AvgIpc) is 2.46. The molecule has 0 spiro atoms. The van der Waals surface area contributed by atoms with Gasteiger partial charge in [0.05, 0.1) is 5.69 Å². The maximum atomic E-state index is 13.4. The van der Waals surface area contributed by atoms with Gasteiger partial charge in [-0.1, -0.05) is 17.7 Å². The van der Waals surface area contributed by atoms with Gasteiger partial charge in [0, 0.05) is 16.8 Å². The Morgan fingerprint density at radius 2 is 1.74 bits per heavy atom. The lowest BCUT2D eigenvalue weighted by molar-refractivity contribution is -0.123. The number of carbonyl (C=O) groups excluding carboxylic acids is 2. The molecule has 23 heavy (non-hydrogen) atoms. The van der Waals surface area contributed by atoms with E-state index in [9.17, 15) is 18.4 Å². The summed E-state index contributed by atoms with van der Waals surface area (Å²) in [4.78, 5) is 23.5. The zero-order chi connectivity index (χ0) is 17.0. The normalized spacial score (nSPS) is 10.3. The number of rotatable bonds is 4. The van der Waals surface area contributed by atoms with Crippen LogP contribution in [0, 0.1) is 18.6 Å². The van der Waals surface area contributed by atoms with Crippen LogP contribution in [0.4, 0.5) is 20.2 Å². The van der Waals surface area contributed by atoms with Gasteiger partial charge in [0.1, 0.15) is 18.1 Å². The lowest BCUT2D eigenvalue weighted by atomic mass is 10.2. The maximum absolute atomic E-state index is 13.4. The summed E-state index contributed by atoms with van der Waals surface area (Å²) in [5.41, 5.74) is 1.11. The summed E-state index contributed by atoms with van der Waals surface area (Å²) in [6, 6.07) is 7.67. The Balaban J connectivity index is 1.94. The van der Waals surface area contributed by atoms with Gasteiger partial charge in [-0.2, -0.15) is 0 Å². The van der Waals surface area contributed by atoms with E-state index >= 15 is 0 Å². The third-order valence-corrected chi connectivity index (χ3v) is 3.39. The molecule has 0 unspecified atom stereocenters. The first kappa shape index (κ1) is 16.9. The Hall–Kier alpha value is -2.47. The molecule has 0 fully saturated rings. The molecule has 0 heterocycles. The van der Waals surface area contributed by atoms with E-state index in [2.05, 4.69) is 10.6 Å². The van der Waals surface area contributed by atoms with Gasteiger partial charge in [0.15, 0.2) is 0 Å². The molecule has 0 atom stereocenters. The molecule has 4 nitrogen and oxygen atoms in total. The van der Waals surface area contributed by atoms with Crippen LogP contribution in [0.15, 0.2) is 36.4 Å². The number of hydrogen-bond acceptors (Lipinski definition) is 2. The van der Waals surface area contributed by atoms with E-state index in [0.29, 0.717) is 16.8 Å². The van der Waals surface area contributed by atoms with Gasteiger partial charge >= 0.3 is 0 Å². The first-order chi connectivity index (χ1) is 10.8. The lowest BCUT2D eigenvalue weighted by Gasteiger charge is -2.08. The third-order valence-electron chi connectivity index (χ3n) is 2.98. The molecular formula is C16H13ClF2N2O2. The van der Waals surface area contributed by atoms with Crippen molar-refractivity contribution in [3.05, 3.63) is 58.6 Å². The molecule has 2 aromatic rings. The van der Waals surface area contributed by atoms with Crippen LogP contribution in [-0.4, -0.2) is 11.8 Å². The van der Waals surface area contributed by atoms with Crippen molar-refractivity contribution in [2.24, 2.45) is 0 Å². The minimum atomic E-state index is -0.913. The number of hydrogen-bond donors (Lipinski definition) is 2. The Bertz CT molecular complexity index is 766. The number of carbonyl (C=O) groups is 2. The summed E-state index contributed by atoms with van der Waals surface area (Å²) in [6.07, 6.45) is -0.512. The monoisotopic (exact) mass is 338 g/mol. The molecule has 0 bridgehead atoms. The molecule has 2 N–H and O–H groups in total. The molecule has 0 aliphatic carbocycles. The molecular weight excluding hydrogens is 326 g/mol. The van der Waals surface area contributed by atoms with Gasteiger partial charge < -0.3 is 10.6 Å². The van der Waals surface area contributed by atoms with E-state index in [1.807, 2.05) is 6.92 Å². The Morgan fingerprint density at radius 3 is 2.39 bits per heavy atom. The van der Waals surface area contributed by atoms with Gasteiger partial charge in [-0.3, -0.25) is 9.59 Å². The number of benzene rings is 2. The van der Waals surface area contributed by atoms with Crippen molar-refractivity contribution in [2.45, 2.75) is 13.3 Å². The van der Waals surface area contributed by atoms with Crippen LogP contribution >= 0.6 is 11.6 Å². The first-order valence-corrected chi connectivity index (χ1v) is 7.04. The summed E-state index contributed by atoms with van der Waals surface area (Å²) in [5.74, 6) is -2.96. The standard InChI is InChI=1S/C16H13ClF2N2O2/c1-9-2-4-11(7-12(9)17)20-15(22)8-16(23)21-14-5-3-10(18)6-13(14)19/h2-7H,8H2,1H3,(H,20,22)(H,21,23). The van der Waals surface area contributed by atoms with Gasteiger partial charge in [-0.05, 0) is 36.8 Å². The molecule has 2 rings (SSSR count). The first-order valence-electron chi connectivity index (χ1n) is 6.66. The van der Waals surface area contributed by atoms with E-state index in [4.69, 9.17) is 11.6 Å². The summed E-state index contributed by atoms with van der Waals surface area (Å²) >= 11 is 5.94. The van der Waals surface area contributed by atoms with Crippen LogP contribution in [-0.2, 0) is 9.59 Å². The molecule has 2 aromatic carbocycles. The highest BCUT2D eigenvalue weighted by molar-refractivity contribution is 6.31. The van der Waals surface area contributed by atoms with Crippen LogP contribution in [0.2, 0.25) is 5.02 Å². The van der Waals surface area contributed by atoms with Crippen molar-refractivity contribution in [2.75, 3.05) is 10.6 Å². The van der Waals surface area contributed by atoms with Crippen LogP contribution in [0.5, 0.6) is 0 Å². The van der Waals surface area contributed by atoms with Crippen molar-refractivity contribution in [3.63, 3.8) is 0 Å². The minimum Gasteiger partial charge on any atom is -0.326 e. The predicted octanol–water partition coefficient (Wildman–Crippen LogP) is 3.89. The summed E-state index contributed by atoms with van der Waals surface area (Å²) < 4.78 is 26.2. The number of aryl methyl sites for hydroxylation is 1. The second kappa shape index (κ2) is 7.19. The van der Waals surface area contributed by atoms with Crippen LogP contribution < -0.4 is 10.6 Å². The molecule has 0 aliphatic rings. The summed E-state index contributed by atoms with van der Waals surface area (Å²) in [6.45, 7) is 1.82. The fourth-order valence-electron chi connectivity index (χ4n) is 1.81. The van der Waals surface area contributed by atoms with Gasteiger partial charge in [-0.15, -0.1) is 0 Å². The number of nitrogens with one attached hydrogen (secondary N) is 2. The van der Waals surface area contributed by atoms with Crippen LogP contribution in [0.25, 0.3) is 0 Å². The van der Waals surface area contributed by atoms with Gasteiger partial charge in [-0.25, -0.2) is 8.78 Å². The van der Waals surface area contributed by atoms with E-state index in [1.165, 1.54) is 0 Å². The number of amides is 2. The highest BCUT2D eigenvalue weighted by Crippen LogP contribution is 2.20. The minimum absolute atomic E-state index is 0.192. The second-order valence-electron chi connectivity index (χ2n) is 4.86. The van der Waals surface area contributed by atoms with Crippen molar-refractivity contribution in [3.8, 4) is 0 Å². The number of halogens is 3. The summed E-state index contributed by atoms with van der Waals surface area (Å²) in [5, 5.41) is 5.21. The fraction of sp³-hybridized carbons (Fsp3) is 0.125. The van der Waals surface area contributed by atoms with Gasteiger partial charge in [0.25, 0.3) is 0 Å². The van der Waals surface area contributed by atoms with Crippen LogP contribution in [0.1, 0.15) is 12.0 Å². The SMILES string of the molecule is Cc1ccc(NC(=O)CC(=O)Nc2ccc(F)cc2F)cc1Cl. The quantitative estimate of drug-likeness (QED) is 0.831. The molecule has 0 radical (unpaired) electrons. The molecule has 2 amide bonds. The Morgan fingerprint density at radius 1 is 1.04 bits per heavy atom. The van der Waals surface area contributed by atoms with Gasteiger partial charge in [0.2, 0.25) is 11.8 Å². The highest BCUT2D eigenvalue weighted by atomic mass is 35.5. The van der Waals surface area contributed by atoms with Crippen molar-refractivity contribution in [1.82, 2.24) is 0 Å². The summed E-state index contributed by atoms with van der Waals surface area (Å²) in [7, 11) is 0. The molecule has 0 saturated carbocycles. The lowest BCUT2D eigenvalue weighted by Crippen LogP contribution is -2.21. The smallest absolute Gasteiger partial charge is 0.233 e. The van der Waals surface area contributed by atoms with E-state index < -0.39 is 29.9 Å². The van der Waals surface area contributed by atoms with Crippen molar-refractivity contribution in [1.29, 1.82) is 0 Å². The number of anilines is 2. The predicted molar refractivity (Wildman–Crippen MR) is 84.4 cm³/mol. The third kappa shape index (κ3) is 4.75. The topological polar surface area (TPSA) is 58.2 Å². The fourth-order valence-corrected chi connectivity index (χ4v) is 1.99. The molecule has 0 saturated heterocycles. The zero-order valence-electron chi connectivity index (χ0n) is 12.1. The molecule has 7 heteroatoms. The molecule has 120 valence electrons. The zero-order valence-corrected chi connectivity index (χ0v) is 12.9. The largest absolute Gasteiger partial charge is 0.326 e. The van der Waals surface area contributed by atoms with Crippen molar-refractivity contribution < 1.29 is 18.4 Å². The van der Waals surface area contributed by atoms with E-state index in [-0.39, 0.29) is 5.69 Å².